The predicted molar refractivity (Wildman–Crippen MR) is 204 cm³/mol. The van der Waals surface area contributed by atoms with Crippen molar-refractivity contribution in [1.82, 2.24) is 15.2 Å². The molecule has 5 heterocycles. The summed E-state index contributed by atoms with van der Waals surface area (Å²) in [5.41, 5.74) is 2.31. The number of nitrogens with zero attached hydrogens (tertiary/aromatic N) is 3. The van der Waals surface area contributed by atoms with Crippen LogP contribution < -0.4 is 24.3 Å². The Morgan fingerprint density at radius 3 is 2.32 bits per heavy atom. The van der Waals surface area contributed by atoms with Crippen LogP contribution in [0.2, 0.25) is 10.0 Å². The molecule has 0 spiro atoms. The maximum absolute atomic E-state index is 13.3. The number of aromatic carboxylic acids is 1. The number of hydrogen-bond acceptors (Lipinski definition) is 10. The number of carboxylic acids is 1. The Labute approximate surface area is 333 Å². The second-order valence-corrected chi connectivity index (χ2v) is 14.6. The number of pyridine rings is 1. The molecule has 3 atom stereocenters. The number of carbonyl (C=O) groups is 2. The van der Waals surface area contributed by atoms with Gasteiger partial charge in [0, 0.05) is 22.8 Å². The Balaban J connectivity index is 1.15. The summed E-state index contributed by atoms with van der Waals surface area (Å²) in [6.07, 6.45) is 4.04. The third kappa shape index (κ3) is 8.65. The normalized spacial score (nSPS) is 18.5. The highest BCUT2D eigenvalue weighted by molar-refractivity contribution is 6.35. The van der Waals surface area contributed by atoms with Crippen LogP contribution in [0.15, 0.2) is 89.6 Å². The van der Waals surface area contributed by atoms with Gasteiger partial charge in [-0.2, -0.15) is 0 Å². The third-order valence-corrected chi connectivity index (χ3v) is 11.0. The molecule has 2 aromatic heterocycles. The molecule has 292 valence electrons. The summed E-state index contributed by atoms with van der Waals surface area (Å²) in [4.78, 5) is 32.7. The van der Waals surface area contributed by atoms with Gasteiger partial charge in [0.15, 0.2) is 23.8 Å². The molecule has 56 heavy (non-hydrogen) atoms. The number of ether oxygens (including phenoxy) is 4. The molecular formula is C41H41Cl2N4O9+. The van der Waals surface area contributed by atoms with Crippen LogP contribution in [-0.4, -0.2) is 72.2 Å². The highest BCUT2D eigenvalue weighted by atomic mass is 35.5. The van der Waals surface area contributed by atoms with E-state index in [1.165, 1.54) is 26.6 Å². The summed E-state index contributed by atoms with van der Waals surface area (Å²) in [6.45, 7) is 2.61. The van der Waals surface area contributed by atoms with Gasteiger partial charge >= 0.3 is 12.1 Å². The van der Waals surface area contributed by atoms with Gasteiger partial charge < -0.3 is 33.8 Å². The molecule has 2 bridgehead atoms. The van der Waals surface area contributed by atoms with Crippen LogP contribution in [0.1, 0.15) is 69.2 Å². The van der Waals surface area contributed by atoms with Crippen molar-refractivity contribution < 1.29 is 48.0 Å². The van der Waals surface area contributed by atoms with Gasteiger partial charge in [-0.25, -0.2) is 14.6 Å². The van der Waals surface area contributed by atoms with Crippen molar-refractivity contribution in [2.75, 3.05) is 33.9 Å². The van der Waals surface area contributed by atoms with Crippen LogP contribution in [-0.2, 0) is 17.8 Å². The minimum atomic E-state index is -1.32. The molecule has 13 nitrogen and oxygen atoms in total. The van der Waals surface area contributed by atoms with Crippen molar-refractivity contribution >= 4 is 35.3 Å². The number of hydrogen-bond donors (Lipinski definition) is 3. The van der Waals surface area contributed by atoms with Gasteiger partial charge in [0.2, 0.25) is 18.3 Å². The Morgan fingerprint density at radius 2 is 1.66 bits per heavy atom. The largest absolute Gasteiger partial charge is 0.493 e. The van der Waals surface area contributed by atoms with E-state index >= 15 is 0 Å². The second kappa shape index (κ2) is 17.1. The maximum atomic E-state index is 13.3. The number of oxazole rings is 1. The molecule has 1 amide bonds. The molecule has 3 aliphatic heterocycles. The molecule has 15 heteroatoms. The lowest BCUT2D eigenvalue weighted by Gasteiger charge is -2.43. The van der Waals surface area contributed by atoms with Crippen molar-refractivity contribution in [2.24, 2.45) is 5.92 Å². The van der Waals surface area contributed by atoms with E-state index in [0.29, 0.717) is 34.3 Å². The molecule has 0 radical (unpaired) electrons. The monoisotopic (exact) mass is 803 g/mol. The van der Waals surface area contributed by atoms with Gasteiger partial charge in [-0.3, -0.25) is 10.1 Å². The number of rotatable bonds is 14. The molecule has 3 N–H and O–H groups in total. The predicted octanol–water partition coefficient (Wildman–Crippen LogP) is 7.09. The summed E-state index contributed by atoms with van der Waals surface area (Å²) in [5, 5.41) is 23.7. The first-order chi connectivity index (χ1) is 27.1. The highest BCUT2D eigenvalue weighted by Gasteiger charge is 2.37. The lowest BCUT2D eigenvalue weighted by molar-refractivity contribution is -0.904. The quantitative estimate of drug-likeness (QED) is 0.0779. The van der Waals surface area contributed by atoms with Crippen LogP contribution in [0.3, 0.4) is 0 Å². The first-order valence-electron chi connectivity index (χ1n) is 18.1. The van der Waals surface area contributed by atoms with Gasteiger partial charge in [0.25, 0.3) is 0 Å². The number of carboxylic acid groups (broad SMARTS) is 1. The van der Waals surface area contributed by atoms with Crippen molar-refractivity contribution in [3.63, 3.8) is 0 Å². The molecule has 0 saturated carbocycles. The standard InChI is InChI=1S/C41H40Cl2N4O9/c1-52-33-12-11-26(18-34(33)53-2)29(19-30-31(42)20-47(51)21-32(30)43)39-38(40(48)49)44-36(56-39)23-54-28-10-6-9-27(17-28)37(25-7-4-3-5-8-25)45-41(50)55-35-22-46-15-13-24(35)14-16-46/h3-12,17-18,20-21,24,29,35,37H,13-16,19,22-23H2,1-2H3,(H2-,45,48,49,50,51)/p+1/t29-,35-,37-/m0/s1. The first-order valence-corrected chi connectivity index (χ1v) is 18.9. The van der Waals surface area contributed by atoms with Crippen molar-refractivity contribution in [1.29, 1.82) is 0 Å². The van der Waals surface area contributed by atoms with E-state index in [9.17, 15) is 19.9 Å². The fraction of sp³-hybridized carbons (Fsp3) is 0.317. The molecule has 0 unspecified atom stereocenters. The van der Waals surface area contributed by atoms with Crippen LogP contribution in [0.5, 0.6) is 17.2 Å². The molecule has 8 rings (SSSR count). The number of halogens is 2. The minimum Gasteiger partial charge on any atom is -0.493 e. The number of carbonyl (C=O) groups excluding carboxylic acids is 1. The lowest BCUT2D eigenvalue weighted by Crippen LogP contribution is -2.52. The summed E-state index contributed by atoms with van der Waals surface area (Å²) in [7, 11) is 3.00. The Morgan fingerprint density at radius 1 is 0.946 bits per heavy atom. The van der Waals surface area contributed by atoms with Gasteiger partial charge in [0.05, 0.1) is 20.3 Å². The smallest absolute Gasteiger partial charge is 0.408 e. The summed E-state index contributed by atoms with van der Waals surface area (Å²) < 4.78 is 30.0. The van der Waals surface area contributed by atoms with Gasteiger partial charge in [-0.1, -0.05) is 71.7 Å². The number of nitrogens with one attached hydrogen (secondary N) is 1. The van der Waals surface area contributed by atoms with Crippen LogP contribution in [0.4, 0.5) is 4.79 Å². The Kier molecular flexibility index (Phi) is 11.8. The third-order valence-electron chi connectivity index (χ3n) is 10.3. The number of amides is 1. The van der Waals surface area contributed by atoms with E-state index in [1.807, 2.05) is 36.4 Å². The van der Waals surface area contributed by atoms with E-state index in [1.54, 1.807) is 36.4 Å². The number of alkyl carbamates (subject to hydrolysis) is 1. The topological polar surface area (TPSA) is 157 Å². The van der Waals surface area contributed by atoms with Crippen LogP contribution in [0, 0.1) is 5.92 Å². The summed E-state index contributed by atoms with van der Waals surface area (Å²) in [5.74, 6) is -0.392. The zero-order valence-electron chi connectivity index (χ0n) is 30.7. The van der Waals surface area contributed by atoms with Gasteiger partial charge in [-0.15, -0.1) is 0 Å². The molecule has 0 aliphatic carbocycles. The Hall–Kier alpha value is -5.50. The lowest BCUT2D eigenvalue weighted by atomic mass is 9.86. The second-order valence-electron chi connectivity index (χ2n) is 13.7. The number of benzene rings is 3. The van der Waals surface area contributed by atoms with Crippen molar-refractivity contribution in [3.05, 3.63) is 135 Å². The minimum absolute atomic E-state index is 0.00516. The zero-order valence-corrected chi connectivity index (χ0v) is 32.2. The average molecular weight is 805 g/mol. The summed E-state index contributed by atoms with van der Waals surface area (Å²) in [6, 6.07) is 21.4. The highest BCUT2D eigenvalue weighted by Crippen LogP contribution is 2.39. The van der Waals surface area contributed by atoms with Crippen molar-refractivity contribution in [3.8, 4) is 17.2 Å². The number of piperidine rings is 3. The maximum Gasteiger partial charge on any atom is 0.408 e. The number of methoxy groups -OCH3 is 2. The van der Waals surface area contributed by atoms with Gasteiger partial charge in [0.1, 0.15) is 27.7 Å². The molecule has 3 aliphatic rings. The zero-order chi connectivity index (χ0) is 39.3. The number of fused-ring (bicyclic) bond motifs is 3. The van der Waals surface area contributed by atoms with E-state index in [0.717, 1.165) is 48.3 Å². The van der Waals surface area contributed by atoms with Crippen LogP contribution >= 0.6 is 23.2 Å². The molecule has 3 aromatic carbocycles. The average Bonchev–Trinajstić information content (AvgIpc) is 3.64. The number of aromatic nitrogens is 2. The fourth-order valence-electron chi connectivity index (χ4n) is 7.47. The molecular weight excluding hydrogens is 763 g/mol. The molecule has 3 fully saturated rings. The fourth-order valence-corrected chi connectivity index (χ4v) is 8.07. The van der Waals surface area contributed by atoms with Gasteiger partial charge in [-0.05, 0) is 79.2 Å². The van der Waals surface area contributed by atoms with E-state index < -0.39 is 24.0 Å². The van der Waals surface area contributed by atoms with E-state index in [4.69, 9.17) is 46.6 Å². The summed E-state index contributed by atoms with van der Waals surface area (Å²) >= 11 is 13.0. The Bertz CT molecular complexity index is 2170. The van der Waals surface area contributed by atoms with E-state index in [2.05, 4.69) is 15.2 Å². The van der Waals surface area contributed by atoms with Crippen LogP contribution in [0.25, 0.3) is 0 Å². The van der Waals surface area contributed by atoms with Crippen molar-refractivity contribution in [2.45, 2.75) is 43.9 Å². The SMILES string of the molecule is COc1ccc([C@H](Cc2c(Cl)c[n+](O)cc2Cl)c2oc(COc3cccc([C@@H](NC(=O)O[C@H]4CN5CCC4CC5)c4ccccc4)c3)nc2C(=O)O)cc1OC. The first kappa shape index (κ1) is 38.8. The molecule has 3 saturated heterocycles. The molecule has 5 aromatic rings. The van der Waals surface area contributed by atoms with E-state index in [-0.39, 0.29) is 46.5 Å².